The SMILES string of the molecule is CC(=O)N(c1nc(COc2ccc([N+](=O)[O-])cc2)cs1)c1c(C)cc(C)cc1Cl. The summed E-state index contributed by atoms with van der Waals surface area (Å²) in [6, 6.07) is 9.59. The van der Waals surface area contributed by atoms with Crippen LogP contribution in [0.4, 0.5) is 16.5 Å². The molecule has 0 saturated heterocycles. The molecule has 0 radical (unpaired) electrons. The van der Waals surface area contributed by atoms with Gasteiger partial charge in [0.2, 0.25) is 5.91 Å². The van der Waals surface area contributed by atoms with Gasteiger partial charge in [-0.15, -0.1) is 11.3 Å². The zero-order valence-corrected chi connectivity index (χ0v) is 17.6. The highest BCUT2D eigenvalue weighted by molar-refractivity contribution is 7.14. The molecule has 0 N–H and O–H groups in total. The lowest BCUT2D eigenvalue weighted by molar-refractivity contribution is -0.384. The Balaban J connectivity index is 1.80. The van der Waals surface area contributed by atoms with Crippen LogP contribution in [0.15, 0.2) is 41.8 Å². The maximum atomic E-state index is 12.4. The van der Waals surface area contributed by atoms with Crippen molar-refractivity contribution in [3.05, 3.63) is 73.7 Å². The van der Waals surface area contributed by atoms with Gasteiger partial charge < -0.3 is 4.74 Å². The van der Waals surface area contributed by atoms with Crippen LogP contribution in [0.5, 0.6) is 5.75 Å². The first-order valence-electron chi connectivity index (χ1n) is 8.65. The molecule has 0 unspecified atom stereocenters. The van der Waals surface area contributed by atoms with E-state index in [1.807, 2.05) is 26.0 Å². The van der Waals surface area contributed by atoms with Crippen LogP contribution in [0.2, 0.25) is 5.02 Å². The first-order valence-corrected chi connectivity index (χ1v) is 9.91. The average molecular weight is 432 g/mol. The number of benzene rings is 2. The first-order chi connectivity index (χ1) is 13.8. The number of hydrogen-bond donors (Lipinski definition) is 0. The molecule has 0 bridgehead atoms. The minimum Gasteiger partial charge on any atom is -0.487 e. The van der Waals surface area contributed by atoms with Crippen LogP contribution in [0.25, 0.3) is 0 Å². The van der Waals surface area contributed by atoms with Crippen LogP contribution in [0.1, 0.15) is 23.7 Å². The third-order valence-corrected chi connectivity index (χ3v) is 5.26. The van der Waals surface area contributed by atoms with Crippen LogP contribution < -0.4 is 9.64 Å². The van der Waals surface area contributed by atoms with Crippen LogP contribution in [0, 0.1) is 24.0 Å². The number of aromatic nitrogens is 1. The second-order valence-corrected chi connectivity index (χ2v) is 7.67. The van der Waals surface area contributed by atoms with Gasteiger partial charge in [-0.25, -0.2) is 4.98 Å². The Bertz CT molecular complexity index is 1040. The predicted octanol–water partition coefficient (Wildman–Crippen LogP) is 5.59. The molecule has 0 spiro atoms. The quantitative estimate of drug-likeness (QED) is 0.375. The molecule has 29 heavy (non-hydrogen) atoms. The number of hydrogen-bond acceptors (Lipinski definition) is 6. The molecule has 0 aliphatic rings. The van der Waals surface area contributed by atoms with Crippen molar-refractivity contribution in [2.75, 3.05) is 4.90 Å². The third-order valence-electron chi connectivity index (χ3n) is 4.10. The van der Waals surface area contributed by atoms with E-state index in [9.17, 15) is 14.9 Å². The van der Waals surface area contributed by atoms with Crippen molar-refractivity contribution >= 4 is 45.4 Å². The highest BCUT2D eigenvalue weighted by Gasteiger charge is 2.22. The fourth-order valence-electron chi connectivity index (χ4n) is 2.87. The molecule has 2 aromatic carbocycles. The normalized spacial score (nSPS) is 10.6. The Hall–Kier alpha value is -2.97. The molecule has 7 nitrogen and oxygen atoms in total. The summed E-state index contributed by atoms with van der Waals surface area (Å²) in [5, 5.41) is 13.5. The van der Waals surface area contributed by atoms with E-state index < -0.39 is 4.92 Å². The van der Waals surface area contributed by atoms with Gasteiger partial charge in [-0.05, 0) is 43.2 Å². The molecule has 0 saturated carbocycles. The standard InChI is InChI=1S/C20H18ClN3O4S/c1-12-8-13(2)19(18(21)9-12)23(14(3)25)20-22-15(11-29-20)10-28-17-6-4-16(5-7-17)24(26)27/h4-9,11H,10H2,1-3H3. The average Bonchev–Trinajstić information content (AvgIpc) is 3.11. The Morgan fingerprint density at radius 1 is 1.28 bits per heavy atom. The molecule has 0 aliphatic heterocycles. The van der Waals surface area contributed by atoms with E-state index >= 15 is 0 Å². The molecular weight excluding hydrogens is 414 g/mol. The second kappa shape index (κ2) is 8.59. The van der Waals surface area contributed by atoms with Crippen molar-refractivity contribution in [1.29, 1.82) is 0 Å². The number of thiazole rings is 1. The molecule has 150 valence electrons. The number of non-ortho nitro benzene ring substituents is 1. The monoisotopic (exact) mass is 431 g/mol. The maximum Gasteiger partial charge on any atom is 0.269 e. The van der Waals surface area contributed by atoms with Gasteiger partial charge in [0.1, 0.15) is 12.4 Å². The first kappa shape index (κ1) is 20.8. The minimum atomic E-state index is -0.467. The molecule has 0 fully saturated rings. The predicted molar refractivity (Wildman–Crippen MR) is 113 cm³/mol. The number of nitro groups is 1. The molecule has 3 rings (SSSR count). The van der Waals surface area contributed by atoms with Crippen molar-refractivity contribution < 1.29 is 14.5 Å². The zero-order valence-electron chi connectivity index (χ0n) is 16.0. The molecule has 1 amide bonds. The molecule has 0 atom stereocenters. The molecular formula is C20H18ClN3O4S. The Morgan fingerprint density at radius 2 is 1.97 bits per heavy atom. The van der Waals surface area contributed by atoms with Crippen molar-refractivity contribution in [3.63, 3.8) is 0 Å². The topological polar surface area (TPSA) is 85.6 Å². The Labute approximate surface area is 176 Å². The fourth-order valence-corrected chi connectivity index (χ4v) is 4.13. The number of nitro benzene ring substituents is 1. The van der Waals surface area contributed by atoms with E-state index in [4.69, 9.17) is 16.3 Å². The minimum absolute atomic E-state index is 0.00394. The number of carbonyl (C=O) groups excluding carboxylic acids is 1. The summed E-state index contributed by atoms with van der Waals surface area (Å²) >= 11 is 7.73. The Morgan fingerprint density at radius 3 is 2.55 bits per heavy atom. The summed E-state index contributed by atoms with van der Waals surface area (Å²) in [5.74, 6) is 0.294. The largest absolute Gasteiger partial charge is 0.487 e. The third kappa shape index (κ3) is 4.72. The number of rotatable bonds is 6. The number of nitrogens with zero attached hydrogens (tertiary/aromatic N) is 3. The number of halogens is 1. The van der Waals surface area contributed by atoms with Crippen molar-refractivity contribution in [1.82, 2.24) is 4.98 Å². The summed E-state index contributed by atoms with van der Waals surface area (Å²) in [7, 11) is 0. The van der Waals surface area contributed by atoms with Crippen molar-refractivity contribution in [3.8, 4) is 5.75 Å². The summed E-state index contributed by atoms with van der Waals surface area (Å²) in [6.07, 6.45) is 0. The zero-order chi connectivity index (χ0) is 21.1. The van der Waals surface area contributed by atoms with E-state index in [-0.39, 0.29) is 18.2 Å². The van der Waals surface area contributed by atoms with Gasteiger partial charge >= 0.3 is 0 Å². The highest BCUT2D eigenvalue weighted by atomic mass is 35.5. The van der Waals surface area contributed by atoms with E-state index in [0.29, 0.717) is 27.3 Å². The molecule has 9 heteroatoms. The van der Waals surface area contributed by atoms with Crippen LogP contribution in [0.3, 0.4) is 0 Å². The van der Waals surface area contributed by atoms with Gasteiger partial charge in [0.05, 0.1) is 21.3 Å². The highest BCUT2D eigenvalue weighted by Crippen LogP contribution is 2.37. The van der Waals surface area contributed by atoms with Crippen molar-refractivity contribution in [2.45, 2.75) is 27.4 Å². The van der Waals surface area contributed by atoms with Gasteiger partial charge in [-0.2, -0.15) is 0 Å². The number of anilines is 2. The summed E-state index contributed by atoms with van der Waals surface area (Å²) in [6.45, 7) is 5.47. The van der Waals surface area contributed by atoms with E-state index in [2.05, 4.69) is 4.98 Å². The summed E-state index contributed by atoms with van der Waals surface area (Å²) in [5.41, 5.74) is 3.13. The fraction of sp³-hybridized carbons (Fsp3) is 0.200. The van der Waals surface area contributed by atoms with Gasteiger partial charge in [0.15, 0.2) is 5.13 Å². The second-order valence-electron chi connectivity index (χ2n) is 6.43. The number of ether oxygens (including phenoxy) is 1. The van der Waals surface area contributed by atoms with Gasteiger partial charge in [-0.1, -0.05) is 17.7 Å². The molecule has 0 aliphatic carbocycles. The smallest absolute Gasteiger partial charge is 0.269 e. The van der Waals surface area contributed by atoms with Gasteiger partial charge in [0, 0.05) is 24.4 Å². The van der Waals surface area contributed by atoms with E-state index in [0.717, 1.165) is 11.1 Å². The summed E-state index contributed by atoms with van der Waals surface area (Å²) < 4.78 is 5.64. The molecule has 1 aromatic heterocycles. The molecule has 1 heterocycles. The van der Waals surface area contributed by atoms with Crippen LogP contribution >= 0.6 is 22.9 Å². The van der Waals surface area contributed by atoms with E-state index in [1.54, 1.807) is 5.38 Å². The lowest BCUT2D eigenvalue weighted by atomic mass is 10.1. The van der Waals surface area contributed by atoms with Crippen LogP contribution in [-0.2, 0) is 11.4 Å². The lowest BCUT2D eigenvalue weighted by Crippen LogP contribution is -2.24. The summed E-state index contributed by atoms with van der Waals surface area (Å²) in [4.78, 5) is 28.6. The number of amides is 1. The van der Waals surface area contributed by atoms with Gasteiger partial charge in [0.25, 0.3) is 5.69 Å². The molecule has 3 aromatic rings. The van der Waals surface area contributed by atoms with E-state index in [1.165, 1.54) is 47.4 Å². The number of aryl methyl sites for hydroxylation is 2. The Kier molecular flexibility index (Phi) is 6.14. The maximum absolute atomic E-state index is 12.4. The van der Waals surface area contributed by atoms with Crippen LogP contribution in [-0.4, -0.2) is 15.8 Å². The van der Waals surface area contributed by atoms with Gasteiger partial charge in [-0.3, -0.25) is 19.8 Å². The number of carbonyl (C=O) groups is 1. The lowest BCUT2D eigenvalue weighted by Gasteiger charge is -2.22. The van der Waals surface area contributed by atoms with Crippen molar-refractivity contribution in [2.24, 2.45) is 0 Å².